The monoisotopic (exact) mass is 539 g/mol. The van der Waals surface area contributed by atoms with Crippen LogP contribution in [0.15, 0.2) is 90.3 Å². The number of alkyl halides is 1. The lowest BCUT2D eigenvalue weighted by Crippen LogP contribution is -2.40. The van der Waals surface area contributed by atoms with Gasteiger partial charge in [0.05, 0.1) is 40.8 Å². The average molecular weight is 540 g/mol. The van der Waals surface area contributed by atoms with Gasteiger partial charge >= 0.3 is 5.69 Å². The maximum atomic E-state index is 13.7. The fourth-order valence-corrected chi connectivity index (χ4v) is 5.40. The van der Waals surface area contributed by atoms with Crippen LogP contribution in [0.5, 0.6) is 0 Å². The molecule has 8 heteroatoms. The number of halogens is 1. The molecule has 1 aliphatic rings. The van der Waals surface area contributed by atoms with Crippen LogP contribution in [0, 0.1) is 6.92 Å². The van der Waals surface area contributed by atoms with Gasteiger partial charge in [0.1, 0.15) is 13.2 Å². The number of hydrogen-bond donors (Lipinski definition) is 0. The van der Waals surface area contributed by atoms with Crippen LogP contribution < -0.4 is 5.69 Å². The normalized spacial score (nSPS) is 15.2. The minimum atomic E-state index is -0.555. The molecular formula is C32H34FN5O2. The quantitative estimate of drug-likeness (QED) is 0.259. The Morgan fingerprint density at radius 3 is 2.55 bits per heavy atom. The van der Waals surface area contributed by atoms with E-state index < -0.39 is 12.7 Å². The second kappa shape index (κ2) is 11.7. The Morgan fingerprint density at radius 1 is 1.05 bits per heavy atom. The van der Waals surface area contributed by atoms with Gasteiger partial charge < -0.3 is 9.30 Å². The summed E-state index contributed by atoms with van der Waals surface area (Å²) in [5.41, 5.74) is 5.90. The van der Waals surface area contributed by atoms with Gasteiger partial charge in [-0.15, -0.1) is 0 Å². The summed E-state index contributed by atoms with van der Waals surface area (Å²) in [5, 5.41) is 0. The number of carbonyl (C=O) groups excluding carboxylic acids is 1. The van der Waals surface area contributed by atoms with Crippen molar-refractivity contribution < 1.29 is 9.18 Å². The first-order valence-corrected chi connectivity index (χ1v) is 13.6. The fourth-order valence-electron chi connectivity index (χ4n) is 5.40. The Balaban J connectivity index is 0.000000758. The van der Waals surface area contributed by atoms with Gasteiger partial charge in [-0.05, 0) is 69.0 Å². The van der Waals surface area contributed by atoms with E-state index in [1.165, 1.54) is 4.57 Å². The predicted molar refractivity (Wildman–Crippen MR) is 158 cm³/mol. The van der Waals surface area contributed by atoms with Gasteiger partial charge in [-0.1, -0.05) is 42.5 Å². The highest BCUT2D eigenvalue weighted by molar-refractivity contribution is 5.85. The van der Waals surface area contributed by atoms with E-state index in [2.05, 4.69) is 4.98 Å². The first-order chi connectivity index (χ1) is 19.5. The van der Waals surface area contributed by atoms with E-state index in [1.54, 1.807) is 15.8 Å². The molecule has 2 aromatic carbocycles. The largest absolute Gasteiger partial charge is 0.336 e. The smallest absolute Gasteiger partial charge is 0.334 e. The van der Waals surface area contributed by atoms with Crippen molar-refractivity contribution in [3.8, 4) is 16.8 Å². The van der Waals surface area contributed by atoms with Crippen LogP contribution in [-0.4, -0.2) is 48.6 Å². The van der Waals surface area contributed by atoms with Crippen molar-refractivity contribution in [1.82, 2.24) is 23.4 Å². The molecule has 1 atom stereocenters. The molecule has 1 unspecified atom stereocenters. The van der Waals surface area contributed by atoms with Crippen molar-refractivity contribution in [2.24, 2.45) is 0 Å². The number of rotatable bonds is 5. The lowest BCUT2D eigenvalue weighted by molar-refractivity contribution is -0.132. The topological polar surface area (TPSA) is 64.5 Å². The summed E-state index contributed by atoms with van der Waals surface area (Å²) < 4.78 is 18.6. The van der Waals surface area contributed by atoms with Gasteiger partial charge in [0.15, 0.2) is 0 Å². The van der Waals surface area contributed by atoms with Crippen LogP contribution in [0.2, 0.25) is 0 Å². The standard InChI is InChI=1S/C28H26FN5O2.C4H8/c1-19-5-2-8-24-27(19)34(28(36)33(24)17-26(35)32-14-3-6-22(32)15-29)21-11-9-20(10-12-21)23-7-4-13-31-18-30-16-25(23)31;1-3-4-2/h2,4-5,7-13,16,18,22H,3,6,14-15,17H2,1H3;3-4H,1-2H3/b;4-3-. The molecule has 40 heavy (non-hydrogen) atoms. The van der Waals surface area contributed by atoms with E-state index >= 15 is 0 Å². The number of aryl methyl sites for hydroxylation is 1. The number of allylic oxidation sites excluding steroid dienone is 2. The molecule has 0 aliphatic carbocycles. The third-order valence-corrected chi connectivity index (χ3v) is 7.54. The molecule has 7 nitrogen and oxygen atoms in total. The molecule has 5 aromatic rings. The molecule has 1 fully saturated rings. The fraction of sp³-hybridized carbons (Fsp3) is 0.281. The number of imidazole rings is 2. The number of pyridine rings is 1. The van der Waals surface area contributed by atoms with Gasteiger partial charge in [-0.3, -0.25) is 13.9 Å². The van der Waals surface area contributed by atoms with Crippen molar-refractivity contribution in [2.75, 3.05) is 13.2 Å². The van der Waals surface area contributed by atoms with Crippen molar-refractivity contribution in [3.63, 3.8) is 0 Å². The van der Waals surface area contributed by atoms with E-state index in [1.807, 2.05) is 104 Å². The molecule has 0 N–H and O–H groups in total. The zero-order valence-electron chi connectivity index (χ0n) is 23.1. The second-order valence-corrected chi connectivity index (χ2v) is 10.0. The highest BCUT2D eigenvalue weighted by Gasteiger charge is 2.29. The van der Waals surface area contributed by atoms with E-state index in [4.69, 9.17) is 0 Å². The highest BCUT2D eigenvalue weighted by Crippen LogP contribution is 2.27. The van der Waals surface area contributed by atoms with E-state index in [0.717, 1.165) is 39.8 Å². The molecule has 1 saturated heterocycles. The van der Waals surface area contributed by atoms with Gasteiger partial charge in [0, 0.05) is 18.3 Å². The highest BCUT2D eigenvalue weighted by atomic mass is 19.1. The molecule has 4 heterocycles. The maximum Gasteiger partial charge on any atom is 0.334 e. The molecule has 6 rings (SSSR count). The SMILES string of the molecule is C/C=C\C.Cc1cccc2c1n(-c1ccc(-c3cccn4cncc34)cc1)c(=O)n2CC(=O)N1CCCC1CF. The van der Waals surface area contributed by atoms with Crippen LogP contribution in [0.25, 0.3) is 33.4 Å². The predicted octanol–water partition coefficient (Wildman–Crippen LogP) is 5.96. The van der Waals surface area contributed by atoms with Gasteiger partial charge in [0.2, 0.25) is 5.91 Å². The van der Waals surface area contributed by atoms with Crippen molar-refractivity contribution in [2.45, 2.75) is 46.2 Å². The van der Waals surface area contributed by atoms with Gasteiger partial charge in [-0.25, -0.2) is 14.2 Å². The van der Waals surface area contributed by atoms with Crippen LogP contribution in [0.4, 0.5) is 4.39 Å². The number of carbonyl (C=O) groups is 1. The Morgan fingerprint density at radius 2 is 1.82 bits per heavy atom. The number of nitrogens with zero attached hydrogens (tertiary/aromatic N) is 5. The molecule has 206 valence electrons. The van der Waals surface area contributed by atoms with Crippen LogP contribution in [-0.2, 0) is 11.3 Å². The first-order valence-electron chi connectivity index (χ1n) is 13.6. The summed E-state index contributed by atoms with van der Waals surface area (Å²) in [7, 11) is 0. The van der Waals surface area contributed by atoms with E-state index in [-0.39, 0.29) is 18.1 Å². The number of fused-ring (bicyclic) bond motifs is 2. The number of benzene rings is 2. The third kappa shape index (κ3) is 4.97. The Bertz CT molecular complexity index is 1720. The van der Waals surface area contributed by atoms with Gasteiger partial charge in [-0.2, -0.15) is 0 Å². The second-order valence-electron chi connectivity index (χ2n) is 10.0. The van der Waals surface area contributed by atoms with Crippen LogP contribution >= 0.6 is 0 Å². The van der Waals surface area contributed by atoms with E-state index in [9.17, 15) is 14.0 Å². The molecular weight excluding hydrogens is 505 g/mol. The first kappa shape index (κ1) is 27.1. The van der Waals surface area contributed by atoms with Crippen LogP contribution in [0.3, 0.4) is 0 Å². The number of para-hydroxylation sites is 1. The van der Waals surface area contributed by atoms with E-state index in [0.29, 0.717) is 18.5 Å². The molecule has 0 spiro atoms. The summed E-state index contributed by atoms with van der Waals surface area (Å²) >= 11 is 0. The molecule has 1 amide bonds. The number of likely N-dealkylation sites (tertiary alicyclic amines) is 1. The van der Waals surface area contributed by atoms with Crippen LogP contribution in [0.1, 0.15) is 32.3 Å². The van der Waals surface area contributed by atoms with Gasteiger partial charge in [0.25, 0.3) is 0 Å². The molecule has 0 bridgehead atoms. The summed E-state index contributed by atoms with van der Waals surface area (Å²) in [5.74, 6) is -0.220. The van der Waals surface area contributed by atoms with Crippen molar-refractivity contribution >= 4 is 22.5 Å². The Kier molecular flexibility index (Phi) is 7.96. The lowest BCUT2D eigenvalue weighted by Gasteiger charge is -2.22. The maximum absolute atomic E-state index is 13.7. The molecule has 0 saturated carbocycles. The summed E-state index contributed by atoms with van der Waals surface area (Å²) in [6.07, 6.45) is 11.0. The third-order valence-electron chi connectivity index (χ3n) is 7.54. The lowest BCUT2D eigenvalue weighted by atomic mass is 10.1. The summed E-state index contributed by atoms with van der Waals surface area (Å²) in [6, 6.07) is 17.2. The molecule has 3 aromatic heterocycles. The number of hydrogen-bond acceptors (Lipinski definition) is 3. The number of amides is 1. The molecule has 1 aliphatic heterocycles. The van der Waals surface area contributed by atoms with Crippen molar-refractivity contribution in [3.05, 3.63) is 102 Å². The zero-order valence-corrected chi connectivity index (χ0v) is 23.1. The minimum absolute atomic E-state index is 0.108. The zero-order chi connectivity index (χ0) is 28.2. The minimum Gasteiger partial charge on any atom is -0.336 e. The number of aromatic nitrogens is 4. The molecule has 0 radical (unpaired) electrons. The Labute approximate surface area is 232 Å². The summed E-state index contributed by atoms with van der Waals surface area (Å²) in [4.78, 5) is 32.6. The Hall–Kier alpha value is -4.46. The van der Waals surface area contributed by atoms with Crippen molar-refractivity contribution in [1.29, 1.82) is 0 Å². The summed E-state index contributed by atoms with van der Waals surface area (Å²) in [6.45, 7) is 5.83. The average Bonchev–Trinajstić information content (AvgIpc) is 3.72.